The highest BCUT2D eigenvalue weighted by Gasteiger charge is 2.23. The third kappa shape index (κ3) is 3.58. The van der Waals surface area contributed by atoms with E-state index in [1.807, 2.05) is 0 Å². The van der Waals surface area contributed by atoms with Crippen molar-refractivity contribution in [1.29, 1.82) is 0 Å². The van der Waals surface area contributed by atoms with Crippen LogP contribution in [0.4, 0.5) is 0 Å². The van der Waals surface area contributed by atoms with E-state index in [1.165, 1.54) is 17.5 Å². The Hall–Kier alpha value is -1.39. The molecular formula is C16H23NO3. The van der Waals surface area contributed by atoms with Crippen LogP contribution in [0.15, 0.2) is 24.3 Å². The molecule has 0 fully saturated rings. The minimum absolute atomic E-state index is 0.314. The van der Waals surface area contributed by atoms with Crippen LogP contribution >= 0.6 is 0 Å². The molecule has 2 atom stereocenters. The molecule has 1 aromatic rings. The summed E-state index contributed by atoms with van der Waals surface area (Å²) < 4.78 is 0. The number of carboxylic acid groups (broad SMARTS) is 1. The molecule has 0 saturated carbocycles. The van der Waals surface area contributed by atoms with E-state index in [4.69, 9.17) is 5.11 Å². The zero-order valence-electron chi connectivity index (χ0n) is 12.0. The summed E-state index contributed by atoms with van der Waals surface area (Å²) in [5, 5.41) is 18.0. The predicted octanol–water partition coefficient (Wildman–Crippen LogP) is 2.22. The molecule has 0 spiro atoms. The smallest absolute Gasteiger partial charge is 0.332 e. The highest BCUT2D eigenvalue weighted by molar-refractivity contribution is 5.71. The Bertz CT molecular complexity index is 461. The zero-order valence-corrected chi connectivity index (χ0v) is 12.0. The topological polar surface area (TPSA) is 60.8 Å². The molecule has 1 aliphatic rings. The average Bonchev–Trinajstić information content (AvgIpc) is 2.46. The first-order valence-electron chi connectivity index (χ1n) is 7.28. The van der Waals surface area contributed by atoms with Gasteiger partial charge in [0.15, 0.2) is 6.10 Å². The number of hydrogen-bond acceptors (Lipinski definition) is 3. The number of aliphatic carboxylic acids is 1. The lowest BCUT2D eigenvalue weighted by Gasteiger charge is -2.33. The highest BCUT2D eigenvalue weighted by Crippen LogP contribution is 2.33. The van der Waals surface area contributed by atoms with Gasteiger partial charge >= 0.3 is 5.97 Å². The molecule has 0 aromatic heterocycles. The van der Waals surface area contributed by atoms with Gasteiger partial charge in [0.1, 0.15) is 0 Å². The molecular weight excluding hydrogens is 254 g/mol. The van der Waals surface area contributed by atoms with Gasteiger partial charge in [-0.05, 0) is 56.8 Å². The monoisotopic (exact) mass is 277 g/mol. The molecule has 1 aromatic carbocycles. The van der Waals surface area contributed by atoms with Gasteiger partial charge in [0.25, 0.3) is 0 Å². The Kier molecular flexibility index (Phi) is 5.15. The molecule has 20 heavy (non-hydrogen) atoms. The van der Waals surface area contributed by atoms with Crippen LogP contribution < -0.4 is 0 Å². The van der Waals surface area contributed by atoms with E-state index in [1.54, 1.807) is 0 Å². The van der Waals surface area contributed by atoms with Gasteiger partial charge in [-0.15, -0.1) is 0 Å². The largest absolute Gasteiger partial charge is 0.479 e. The number of fused-ring (bicyclic) bond motifs is 1. The predicted molar refractivity (Wildman–Crippen MR) is 77.6 cm³/mol. The van der Waals surface area contributed by atoms with Crippen molar-refractivity contribution >= 4 is 5.97 Å². The molecule has 1 aliphatic carbocycles. The summed E-state index contributed by atoms with van der Waals surface area (Å²) in [6.45, 7) is 0.809. The van der Waals surface area contributed by atoms with E-state index in [2.05, 4.69) is 36.2 Å². The number of nitrogens with zero attached hydrogens (tertiary/aromatic N) is 1. The number of hydrogen-bond donors (Lipinski definition) is 2. The number of aliphatic hydroxyl groups excluding tert-OH is 1. The maximum absolute atomic E-state index is 10.6. The number of rotatable bonds is 6. The van der Waals surface area contributed by atoms with Gasteiger partial charge in [0.05, 0.1) is 0 Å². The summed E-state index contributed by atoms with van der Waals surface area (Å²) in [5.74, 6) is -1.13. The summed E-state index contributed by atoms with van der Waals surface area (Å²) in [4.78, 5) is 12.9. The lowest BCUT2D eigenvalue weighted by molar-refractivity contribution is -0.147. The van der Waals surface area contributed by atoms with Crippen LogP contribution in [-0.2, 0) is 11.2 Å². The second kappa shape index (κ2) is 6.86. The van der Waals surface area contributed by atoms with Gasteiger partial charge in [-0.3, -0.25) is 4.90 Å². The molecule has 0 saturated heterocycles. The van der Waals surface area contributed by atoms with Crippen molar-refractivity contribution in [3.05, 3.63) is 35.4 Å². The van der Waals surface area contributed by atoms with Crippen molar-refractivity contribution in [2.45, 2.75) is 44.2 Å². The van der Waals surface area contributed by atoms with Crippen molar-refractivity contribution in [3.8, 4) is 0 Å². The number of benzene rings is 1. The standard InChI is InChI=1S/C16H23NO3/c1-17(11-5-10-15(18)16(19)20)14-9-4-7-12-6-2-3-8-13(12)14/h2-3,6,8,14-15,18H,4-5,7,9-11H2,1H3,(H,19,20). The lowest BCUT2D eigenvalue weighted by Crippen LogP contribution is -2.29. The number of aryl methyl sites for hydroxylation is 1. The summed E-state index contributed by atoms with van der Waals surface area (Å²) in [7, 11) is 2.08. The fourth-order valence-corrected chi connectivity index (χ4v) is 3.00. The van der Waals surface area contributed by atoms with E-state index in [0.717, 1.165) is 19.4 Å². The molecule has 0 radical (unpaired) electrons. The Morgan fingerprint density at radius 3 is 2.95 bits per heavy atom. The Morgan fingerprint density at radius 1 is 1.45 bits per heavy atom. The minimum Gasteiger partial charge on any atom is -0.479 e. The first-order valence-corrected chi connectivity index (χ1v) is 7.28. The van der Waals surface area contributed by atoms with E-state index in [-0.39, 0.29) is 0 Å². The van der Waals surface area contributed by atoms with Crippen LogP contribution in [0.25, 0.3) is 0 Å². The van der Waals surface area contributed by atoms with Crippen LogP contribution in [0.1, 0.15) is 42.9 Å². The van der Waals surface area contributed by atoms with Crippen LogP contribution in [-0.4, -0.2) is 40.8 Å². The van der Waals surface area contributed by atoms with Gasteiger partial charge in [-0.2, -0.15) is 0 Å². The van der Waals surface area contributed by atoms with Gasteiger partial charge in [0.2, 0.25) is 0 Å². The second-order valence-corrected chi connectivity index (χ2v) is 5.58. The average molecular weight is 277 g/mol. The van der Waals surface area contributed by atoms with Crippen molar-refractivity contribution in [2.75, 3.05) is 13.6 Å². The number of carbonyl (C=O) groups is 1. The Morgan fingerprint density at radius 2 is 2.20 bits per heavy atom. The molecule has 4 heteroatoms. The fourth-order valence-electron chi connectivity index (χ4n) is 3.00. The summed E-state index contributed by atoms with van der Waals surface area (Å²) >= 11 is 0. The van der Waals surface area contributed by atoms with Crippen molar-refractivity contribution in [3.63, 3.8) is 0 Å². The van der Waals surface area contributed by atoms with Crippen molar-refractivity contribution in [2.24, 2.45) is 0 Å². The molecule has 110 valence electrons. The number of carboxylic acids is 1. The maximum atomic E-state index is 10.6. The molecule has 4 nitrogen and oxygen atoms in total. The third-order valence-electron chi connectivity index (χ3n) is 4.14. The van der Waals surface area contributed by atoms with E-state index < -0.39 is 12.1 Å². The molecule has 0 aliphatic heterocycles. The summed E-state index contributed by atoms with van der Waals surface area (Å²) in [6, 6.07) is 8.98. The first-order chi connectivity index (χ1) is 9.59. The quantitative estimate of drug-likeness (QED) is 0.837. The van der Waals surface area contributed by atoms with E-state index >= 15 is 0 Å². The fraction of sp³-hybridized carbons (Fsp3) is 0.562. The first kappa shape index (κ1) is 15.0. The van der Waals surface area contributed by atoms with Crippen LogP contribution in [0, 0.1) is 0 Å². The van der Waals surface area contributed by atoms with E-state index in [9.17, 15) is 9.90 Å². The van der Waals surface area contributed by atoms with E-state index in [0.29, 0.717) is 18.9 Å². The van der Waals surface area contributed by atoms with Gasteiger partial charge in [-0.1, -0.05) is 24.3 Å². The van der Waals surface area contributed by atoms with Crippen molar-refractivity contribution < 1.29 is 15.0 Å². The molecule has 0 heterocycles. The van der Waals surface area contributed by atoms with Crippen LogP contribution in [0.3, 0.4) is 0 Å². The number of aliphatic hydroxyl groups is 1. The summed E-state index contributed by atoms with van der Waals surface area (Å²) in [5.41, 5.74) is 2.83. The van der Waals surface area contributed by atoms with Crippen LogP contribution in [0.5, 0.6) is 0 Å². The molecule has 0 bridgehead atoms. The third-order valence-corrected chi connectivity index (χ3v) is 4.14. The maximum Gasteiger partial charge on any atom is 0.332 e. The Labute approximate surface area is 120 Å². The van der Waals surface area contributed by atoms with Gasteiger partial charge < -0.3 is 10.2 Å². The normalized spacial score (nSPS) is 19.6. The zero-order chi connectivity index (χ0) is 14.5. The lowest BCUT2D eigenvalue weighted by atomic mass is 9.87. The molecule has 0 amide bonds. The summed E-state index contributed by atoms with van der Waals surface area (Å²) in [6.07, 6.45) is 3.27. The molecule has 2 rings (SSSR count). The second-order valence-electron chi connectivity index (χ2n) is 5.58. The van der Waals surface area contributed by atoms with Crippen LogP contribution in [0.2, 0.25) is 0 Å². The van der Waals surface area contributed by atoms with Gasteiger partial charge in [0, 0.05) is 6.04 Å². The SMILES string of the molecule is CN(CCCC(O)C(=O)O)C1CCCc2ccccc21. The van der Waals surface area contributed by atoms with Crippen molar-refractivity contribution in [1.82, 2.24) is 4.90 Å². The Balaban J connectivity index is 1.90. The minimum atomic E-state index is -1.23. The molecule has 2 N–H and O–H groups in total. The van der Waals surface area contributed by atoms with Gasteiger partial charge in [-0.25, -0.2) is 4.79 Å². The highest BCUT2D eigenvalue weighted by atomic mass is 16.4. The molecule has 2 unspecified atom stereocenters.